The van der Waals surface area contributed by atoms with Gasteiger partial charge in [-0.2, -0.15) is 12.6 Å². The molecule has 0 spiro atoms. The smallest absolute Gasteiger partial charge is 0.0546 e. The molecule has 1 aromatic rings. The molecule has 0 amide bonds. The highest BCUT2D eigenvalue weighted by Gasteiger charge is 2.10. The molecule has 15 heavy (non-hydrogen) atoms. The van der Waals surface area contributed by atoms with Crippen molar-refractivity contribution in [2.45, 2.75) is 32.3 Å². The van der Waals surface area contributed by atoms with Gasteiger partial charge in [-0.1, -0.05) is 37.3 Å². The Morgan fingerprint density at radius 2 is 1.93 bits per heavy atom. The van der Waals surface area contributed by atoms with E-state index in [0.29, 0.717) is 12.0 Å². The first-order chi connectivity index (χ1) is 7.27. The zero-order valence-electron chi connectivity index (χ0n) is 9.52. The fourth-order valence-corrected chi connectivity index (χ4v) is 1.69. The lowest BCUT2D eigenvalue weighted by Crippen LogP contribution is -2.15. The van der Waals surface area contributed by atoms with Crippen LogP contribution in [0, 0.1) is 0 Å². The molecule has 1 aromatic carbocycles. The molecule has 0 aliphatic heterocycles. The molecule has 2 atom stereocenters. The highest BCUT2D eigenvalue weighted by Crippen LogP contribution is 2.18. The second-order valence-electron chi connectivity index (χ2n) is 3.84. The molecule has 0 aromatic heterocycles. The maximum atomic E-state index is 5.75. The van der Waals surface area contributed by atoms with E-state index in [1.807, 2.05) is 6.07 Å². The van der Waals surface area contributed by atoms with Crippen molar-refractivity contribution in [3.63, 3.8) is 0 Å². The number of rotatable bonds is 6. The number of thiol groups is 1. The predicted octanol–water partition coefficient (Wildman–Crippen LogP) is 3.52. The van der Waals surface area contributed by atoms with Gasteiger partial charge in [0.05, 0.1) is 12.7 Å². The van der Waals surface area contributed by atoms with Crippen LogP contribution in [0.1, 0.15) is 31.7 Å². The van der Waals surface area contributed by atoms with Gasteiger partial charge in [0.15, 0.2) is 0 Å². The first-order valence-electron chi connectivity index (χ1n) is 5.55. The molecule has 0 saturated carbocycles. The average molecular weight is 224 g/mol. The SMILES string of the molecule is CCC(C)OCC(CS)c1ccccc1. The van der Waals surface area contributed by atoms with Gasteiger partial charge >= 0.3 is 0 Å². The van der Waals surface area contributed by atoms with Crippen LogP contribution in [-0.2, 0) is 4.74 Å². The number of hydrogen-bond acceptors (Lipinski definition) is 2. The third-order valence-corrected chi connectivity index (χ3v) is 3.09. The maximum Gasteiger partial charge on any atom is 0.0546 e. The van der Waals surface area contributed by atoms with E-state index in [4.69, 9.17) is 4.74 Å². The summed E-state index contributed by atoms with van der Waals surface area (Å²) in [5.74, 6) is 1.24. The van der Waals surface area contributed by atoms with E-state index in [9.17, 15) is 0 Å². The first-order valence-corrected chi connectivity index (χ1v) is 6.18. The van der Waals surface area contributed by atoms with Crippen LogP contribution >= 0.6 is 12.6 Å². The minimum Gasteiger partial charge on any atom is -0.378 e. The third kappa shape index (κ3) is 4.27. The Bertz CT molecular complexity index is 260. The summed E-state index contributed by atoms with van der Waals surface area (Å²) < 4.78 is 5.75. The van der Waals surface area contributed by atoms with Crippen molar-refractivity contribution in [3.8, 4) is 0 Å². The van der Waals surface area contributed by atoms with Crippen LogP contribution in [0.3, 0.4) is 0 Å². The topological polar surface area (TPSA) is 9.23 Å². The number of benzene rings is 1. The standard InChI is InChI=1S/C13H20OS/c1-3-11(2)14-9-13(10-15)12-7-5-4-6-8-12/h4-8,11,13,15H,3,9-10H2,1-2H3. The molecule has 0 heterocycles. The molecule has 0 fully saturated rings. The van der Waals surface area contributed by atoms with Crippen molar-refractivity contribution in [2.75, 3.05) is 12.4 Å². The van der Waals surface area contributed by atoms with Gasteiger partial charge in [0.1, 0.15) is 0 Å². The van der Waals surface area contributed by atoms with Gasteiger partial charge in [0, 0.05) is 5.92 Å². The van der Waals surface area contributed by atoms with E-state index in [-0.39, 0.29) is 0 Å². The van der Waals surface area contributed by atoms with Crippen LogP contribution in [0.25, 0.3) is 0 Å². The molecule has 1 rings (SSSR count). The van der Waals surface area contributed by atoms with E-state index in [2.05, 4.69) is 50.7 Å². The minimum atomic E-state index is 0.344. The Morgan fingerprint density at radius 1 is 1.27 bits per heavy atom. The van der Waals surface area contributed by atoms with Crippen molar-refractivity contribution in [3.05, 3.63) is 35.9 Å². The summed E-state index contributed by atoms with van der Waals surface area (Å²) in [4.78, 5) is 0. The van der Waals surface area contributed by atoms with Gasteiger partial charge in [-0.3, -0.25) is 0 Å². The van der Waals surface area contributed by atoms with Crippen LogP contribution in [0.15, 0.2) is 30.3 Å². The van der Waals surface area contributed by atoms with Crippen LogP contribution < -0.4 is 0 Å². The van der Waals surface area contributed by atoms with E-state index < -0.39 is 0 Å². The molecule has 2 unspecified atom stereocenters. The van der Waals surface area contributed by atoms with E-state index in [0.717, 1.165) is 18.8 Å². The van der Waals surface area contributed by atoms with Crippen molar-refractivity contribution < 1.29 is 4.74 Å². The summed E-state index contributed by atoms with van der Waals surface area (Å²) in [6.07, 6.45) is 1.41. The third-order valence-electron chi connectivity index (χ3n) is 2.65. The monoisotopic (exact) mass is 224 g/mol. The van der Waals surface area contributed by atoms with Gasteiger partial charge in [0.2, 0.25) is 0 Å². The lowest BCUT2D eigenvalue weighted by molar-refractivity contribution is 0.0564. The molecular formula is C13H20OS. The van der Waals surface area contributed by atoms with Gasteiger partial charge in [-0.25, -0.2) is 0 Å². The molecule has 0 saturated heterocycles. The summed E-state index contributed by atoms with van der Waals surface area (Å²) in [5, 5.41) is 0. The van der Waals surface area contributed by atoms with Gasteiger partial charge in [0.25, 0.3) is 0 Å². The molecular weight excluding hydrogens is 204 g/mol. The number of hydrogen-bond donors (Lipinski definition) is 1. The number of ether oxygens (including phenoxy) is 1. The van der Waals surface area contributed by atoms with Crippen molar-refractivity contribution in [2.24, 2.45) is 0 Å². The summed E-state index contributed by atoms with van der Waals surface area (Å²) in [6, 6.07) is 10.4. The molecule has 1 nitrogen and oxygen atoms in total. The lowest BCUT2D eigenvalue weighted by Gasteiger charge is -2.18. The van der Waals surface area contributed by atoms with Crippen LogP contribution in [0.5, 0.6) is 0 Å². The van der Waals surface area contributed by atoms with Crippen LogP contribution in [-0.4, -0.2) is 18.5 Å². The summed E-state index contributed by atoms with van der Waals surface area (Å²) >= 11 is 4.38. The molecule has 0 aliphatic rings. The molecule has 0 N–H and O–H groups in total. The fraction of sp³-hybridized carbons (Fsp3) is 0.538. The predicted molar refractivity (Wildman–Crippen MR) is 68.7 cm³/mol. The second kappa shape index (κ2) is 6.91. The zero-order chi connectivity index (χ0) is 11.1. The maximum absolute atomic E-state index is 5.75. The average Bonchev–Trinajstić information content (AvgIpc) is 2.31. The summed E-state index contributed by atoms with van der Waals surface area (Å²) in [5.41, 5.74) is 1.32. The Hall–Kier alpha value is -0.470. The molecule has 0 bridgehead atoms. The quantitative estimate of drug-likeness (QED) is 0.727. The Balaban J connectivity index is 2.50. The molecule has 0 aliphatic carbocycles. The molecule has 0 radical (unpaired) electrons. The van der Waals surface area contributed by atoms with Crippen molar-refractivity contribution in [1.82, 2.24) is 0 Å². The van der Waals surface area contributed by atoms with E-state index in [1.165, 1.54) is 5.56 Å². The normalized spacial score (nSPS) is 14.9. The van der Waals surface area contributed by atoms with E-state index >= 15 is 0 Å². The largest absolute Gasteiger partial charge is 0.378 e. The fourth-order valence-electron chi connectivity index (χ4n) is 1.38. The second-order valence-corrected chi connectivity index (χ2v) is 4.21. The van der Waals surface area contributed by atoms with Crippen molar-refractivity contribution in [1.29, 1.82) is 0 Å². The summed E-state index contributed by atoms with van der Waals surface area (Å²) in [7, 11) is 0. The highest BCUT2D eigenvalue weighted by molar-refractivity contribution is 7.80. The van der Waals surface area contributed by atoms with E-state index in [1.54, 1.807) is 0 Å². The Kier molecular flexibility index (Phi) is 5.81. The van der Waals surface area contributed by atoms with Gasteiger partial charge in [-0.15, -0.1) is 0 Å². The Morgan fingerprint density at radius 3 is 2.47 bits per heavy atom. The lowest BCUT2D eigenvalue weighted by atomic mass is 10.0. The molecule has 2 heteroatoms. The van der Waals surface area contributed by atoms with Crippen molar-refractivity contribution >= 4 is 12.6 Å². The van der Waals surface area contributed by atoms with Crippen LogP contribution in [0.2, 0.25) is 0 Å². The van der Waals surface area contributed by atoms with Gasteiger partial charge < -0.3 is 4.74 Å². The van der Waals surface area contributed by atoms with Crippen LogP contribution in [0.4, 0.5) is 0 Å². The molecule has 84 valence electrons. The Labute approximate surface area is 98.3 Å². The highest BCUT2D eigenvalue weighted by atomic mass is 32.1. The zero-order valence-corrected chi connectivity index (χ0v) is 10.4. The summed E-state index contributed by atoms with van der Waals surface area (Å²) in [6.45, 7) is 5.02. The minimum absolute atomic E-state index is 0.344. The van der Waals surface area contributed by atoms with Gasteiger partial charge in [-0.05, 0) is 24.7 Å². The first kappa shape index (κ1) is 12.6.